The van der Waals surface area contributed by atoms with Crippen LogP contribution in [-0.2, 0) is 0 Å². The Hall–Kier alpha value is -6.76. The minimum absolute atomic E-state index is 1.21. The molecule has 0 radical (unpaired) electrons. The van der Waals surface area contributed by atoms with Crippen LogP contribution in [0, 0.1) is 0 Å². The van der Waals surface area contributed by atoms with Gasteiger partial charge in [0.05, 0.1) is 0 Å². The zero-order valence-electron chi connectivity index (χ0n) is 28.6. The van der Waals surface area contributed by atoms with Gasteiger partial charge in [-0.2, -0.15) is 0 Å². The van der Waals surface area contributed by atoms with Gasteiger partial charge in [-0.1, -0.05) is 206 Å². The summed E-state index contributed by atoms with van der Waals surface area (Å²) in [6.45, 7) is 0. The quantitative estimate of drug-likeness (QED) is 0.161. The Morgan fingerprint density at radius 2 is 0.596 bits per heavy atom. The van der Waals surface area contributed by atoms with E-state index < -0.39 is 0 Å². The molecule has 0 heteroatoms. The van der Waals surface area contributed by atoms with Crippen molar-refractivity contribution in [2.45, 2.75) is 0 Å². The van der Waals surface area contributed by atoms with Crippen molar-refractivity contribution in [3.63, 3.8) is 0 Å². The Morgan fingerprint density at radius 3 is 1.29 bits per heavy atom. The van der Waals surface area contributed by atoms with Crippen LogP contribution in [0.3, 0.4) is 0 Å². The van der Waals surface area contributed by atoms with E-state index >= 15 is 0 Å². The van der Waals surface area contributed by atoms with Gasteiger partial charge in [0.1, 0.15) is 0 Å². The largest absolute Gasteiger partial charge is 0.0622 e. The predicted molar refractivity (Wildman–Crippen MR) is 224 cm³/mol. The first kappa shape index (κ1) is 30.1. The standard InChI is InChI=1S/C52H34/c1-2-15-35(16-3-1)36-31-33-39(34-32-36)50-47-25-10-11-26-48(47)51(45-28-13-20-38-18-5-7-22-41(38)45)49-30-14-29-46(52(49)50)44-24-9-8-23-43(44)42-27-12-19-37-17-4-6-21-40(37)42/h1-34H. The van der Waals surface area contributed by atoms with E-state index in [-0.39, 0.29) is 0 Å². The molecule has 0 heterocycles. The smallest absolute Gasteiger partial charge is 0.00139 e. The molecule has 0 fully saturated rings. The van der Waals surface area contributed by atoms with E-state index in [2.05, 4.69) is 206 Å². The molecule has 0 bridgehead atoms. The summed E-state index contributed by atoms with van der Waals surface area (Å²) in [5, 5.41) is 10.0. The molecule has 0 nitrogen and oxygen atoms in total. The fourth-order valence-corrected chi connectivity index (χ4v) is 8.36. The van der Waals surface area contributed by atoms with Gasteiger partial charge in [-0.05, 0) is 98.7 Å². The van der Waals surface area contributed by atoms with Crippen molar-refractivity contribution in [3.05, 3.63) is 206 Å². The minimum Gasteiger partial charge on any atom is -0.0622 e. The zero-order chi connectivity index (χ0) is 34.4. The molecule has 10 aromatic carbocycles. The number of hydrogen-bond donors (Lipinski definition) is 0. The summed E-state index contributed by atoms with van der Waals surface area (Å²) < 4.78 is 0. The molecule has 0 N–H and O–H groups in total. The van der Waals surface area contributed by atoms with E-state index in [0.717, 1.165) is 0 Å². The molecular formula is C52H34. The lowest BCUT2D eigenvalue weighted by molar-refractivity contribution is 1.60. The van der Waals surface area contributed by atoms with Crippen LogP contribution in [-0.4, -0.2) is 0 Å². The van der Waals surface area contributed by atoms with Crippen molar-refractivity contribution in [1.29, 1.82) is 0 Å². The molecule has 0 aromatic heterocycles. The number of hydrogen-bond acceptors (Lipinski definition) is 0. The van der Waals surface area contributed by atoms with Gasteiger partial charge < -0.3 is 0 Å². The van der Waals surface area contributed by atoms with Gasteiger partial charge >= 0.3 is 0 Å². The summed E-state index contributed by atoms with van der Waals surface area (Å²) in [5.74, 6) is 0. The van der Waals surface area contributed by atoms with Crippen LogP contribution in [0.2, 0.25) is 0 Å². The SMILES string of the molecule is c1ccc(-c2ccc(-c3c4ccccc4c(-c4cccc5ccccc45)c4cccc(-c5ccccc5-c5cccc6ccccc56)c34)cc2)cc1. The molecule has 0 saturated heterocycles. The Morgan fingerprint density at radius 1 is 0.192 bits per heavy atom. The van der Waals surface area contributed by atoms with Gasteiger partial charge in [-0.25, -0.2) is 0 Å². The molecular weight excluding hydrogens is 625 g/mol. The Balaban J connectivity index is 1.34. The van der Waals surface area contributed by atoms with E-state index in [1.54, 1.807) is 0 Å². The van der Waals surface area contributed by atoms with Crippen LogP contribution in [0.15, 0.2) is 206 Å². The molecule has 10 aromatic rings. The lowest BCUT2D eigenvalue weighted by Crippen LogP contribution is -1.95. The summed E-state index contributed by atoms with van der Waals surface area (Å²) in [4.78, 5) is 0. The lowest BCUT2D eigenvalue weighted by Gasteiger charge is -2.22. The normalized spacial score (nSPS) is 11.5. The molecule has 10 rings (SSSR count). The highest BCUT2D eigenvalue weighted by atomic mass is 14.2. The molecule has 0 aliphatic heterocycles. The van der Waals surface area contributed by atoms with Gasteiger partial charge in [0.25, 0.3) is 0 Å². The Bertz CT molecular complexity index is 2920. The molecule has 52 heavy (non-hydrogen) atoms. The Kier molecular flexibility index (Phi) is 7.25. The average molecular weight is 659 g/mol. The van der Waals surface area contributed by atoms with Crippen LogP contribution in [0.4, 0.5) is 0 Å². The van der Waals surface area contributed by atoms with Crippen molar-refractivity contribution in [3.8, 4) is 55.6 Å². The molecule has 242 valence electrons. The summed E-state index contributed by atoms with van der Waals surface area (Å²) in [6, 6.07) is 75.6. The maximum absolute atomic E-state index is 2.34. The van der Waals surface area contributed by atoms with E-state index in [1.165, 1.54) is 98.7 Å². The second-order valence-electron chi connectivity index (χ2n) is 13.6. The second-order valence-corrected chi connectivity index (χ2v) is 13.6. The third kappa shape index (κ3) is 4.92. The Labute approximate surface area is 303 Å². The minimum atomic E-state index is 1.21. The maximum Gasteiger partial charge on any atom is -0.00139 e. The highest BCUT2D eigenvalue weighted by Gasteiger charge is 2.22. The molecule has 0 atom stereocenters. The first-order valence-electron chi connectivity index (χ1n) is 18.0. The first-order valence-corrected chi connectivity index (χ1v) is 18.0. The van der Waals surface area contributed by atoms with Crippen LogP contribution in [0.25, 0.3) is 98.7 Å². The van der Waals surface area contributed by atoms with Crippen LogP contribution >= 0.6 is 0 Å². The van der Waals surface area contributed by atoms with Crippen molar-refractivity contribution < 1.29 is 0 Å². The van der Waals surface area contributed by atoms with Gasteiger partial charge in [0, 0.05) is 0 Å². The van der Waals surface area contributed by atoms with E-state index in [1.807, 2.05) is 0 Å². The van der Waals surface area contributed by atoms with E-state index in [9.17, 15) is 0 Å². The highest BCUT2D eigenvalue weighted by molar-refractivity contribution is 6.27. The summed E-state index contributed by atoms with van der Waals surface area (Å²) in [5.41, 5.74) is 12.4. The highest BCUT2D eigenvalue weighted by Crippen LogP contribution is 2.49. The second kappa shape index (κ2) is 12.5. The third-order valence-corrected chi connectivity index (χ3v) is 10.7. The summed E-state index contributed by atoms with van der Waals surface area (Å²) >= 11 is 0. The van der Waals surface area contributed by atoms with Crippen molar-refractivity contribution >= 4 is 43.1 Å². The van der Waals surface area contributed by atoms with Gasteiger partial charge in [0.2, 0.25) is 0 Å². The van der Waals surface area contributed by atoms with Crippen LogP contribution in [0.1, 0.15) is 0 Å². The summed E-state index contributed by atoms with van der Waals surface area (Å²) in [6.07, 6.45) is 0. The van der Waals surface area contributed by atoms with E-state index in [4.69, 9.17) is 0 Å². The van der Waals surface area contributed by atoms with Gasteiger partial charge in [0.15, 0.2) is 0 Å². The maximum atomic E-state index is 2.34. The fraction of sp³-hybridized carbons (Fsp3) is 0. The number of benzene rings is 10. The fourth-order valence-electron chi connectivity index (χ4n) is 8.36. The van der Waals surface area contributed by atoms with Crippen molar-refractivity contribution in [2.24, 2.45) is 0 Å². The molecule has 0 unspecified atom stereocenters. The number of fused-ring (bicyclic) bond motifs is 4. The van der Waals surface area contributed by atoms with Gasteiger partial charge in [-0.3, -0.25) is 0 Å². The van der Waals surface area contributed by atoms with E-state index in [0.29, 0.717) is 0 Å². The van der Waals surface area contributed by atoms with Crippen LogP contribution in [0.5, 0.6) is 0 Å². The summed E-state index contributed by atoms with van der Waals surface area (Å²) in [7, 11) is 0. The molecule has 0 aliphatic rings. The number of rotatable bonds is 5. The van der Waals surface area contributed by atoms with Gasteiger partial charge in [-0.15, -0.1) is 0 Å². The molecule has 0 aliphatic carbocycles. The van der Waals surface area contributed by atoms with Crippen molar-refractivity contribution in [2.75, 3.05) is 0 Å². The predicted octanol–water partition coefficient (Wildman–Crippen LogP) is 14.6. The molecule has 0 amide bonds. The lowest BCUT2D eigenvalue weighted by atomic mass is 9.81. The third-order valence-electron chi connectivity index (χ3n) is 10.7. The average Bonchev–Trinajstić information content (AvgIpc) is 3.22. The molecule has 0 saturated carbocycles. The molecule has 0 spiro atoms. The van der Waals surface area contributed by atoms with Crippen molar-refractivity contribution in [1.82, 2.24) is 0 Å². The monoisotopic (exact) mass is 658 g/mol. The van der Waals surface area contributed by atoms with Crippen LogP contribution < -0.4 is 0 Å². The first-order chi connectivity index (χ1) is 25.8. The zero-order valence-corrected chi connectivity index (χ0v) is 28.6. The topological polar surface area (TPSA) is 0 Å².